The number of carbonyl (C=O) groups excluding carboxylic acids is 1. The molecule has 134 valence electrons. The molecule has 0 saturated carbocycles. The molecule has 1 aliphatic rings. The predicted octanol–water partition coefficient (Wildman–Crippen LogP) is 4.30. The Bertz CT molecular complexity index is 716. The molecular weight excluding hydrogens is 362 g/mol. The van der Waals surface area contributed by atoms with Gasteiger partial charge in [0, 0.05) is 11.6 Å². The van der Waals surface area contributed by atoms with Crippen molar-refractivity contribution < 1.29 is 9.18 Å². The van der Waals surface area contributed by atoms with Crippen molar-refractivity contribution in [2.75, 3.05) is 19.6 Å². The topological polar surface area (TPSA) is 41.1 Å². The molecule has 6 heteroatoms. The van der Waals surface area contributed by atoms with Crippen LogP contribution in [-0.4, -0.2) is 25.5 Å². The standard InChI is InChI=1S/C19H20ClFN2O.ClH/c20-16-6-3-14(4-7-16)15-5-8-17(18(21)10-15)19(24)23-12-13-2-1-9-22-11-13;/h3-8,10,13,22H,1-2,9,11-12H2,(H,23,24);1H. The summed E-state index contributed by atoms with van der Waals surface area (Å²) in [5.41, 5.74) is 1.66. The molecule has 3 rings (SSSR count). The van der Waals surface area contributed by atoms with E-state index in [1.165, 1.54) is 12.1 Å². The fourth-order valence-corrected chi connectivity index (χ4v) is 3.08. The zero-order chi connectivity index (χ0) is 16.9. The molecule has 0 aliphatic carbocycles. The Balaban J connectivity index is 0.00000225. The van der Waals surface area contributed by atoms with E-state index in [0.717, 1.165) is 37.1 Å². The zero-order valence-electron chi connectivity index (χ0n) is 13.7. The van der Waals surface area contributed by atoms with Crippen molar-refractivity contribution in [2.45, 2.75) is 12.8 Å². The van der Waals surface area contributed by atoms with E-state index in [4.69, 9.17) is 11.6 Å². The summed E-state index contributed by atoms with van der Waals surface area (Å²) in [4.78, 5) is 12.2. The number of carbonyl (C=O) groups is 1. The molecule has 1 atom stereocenters. The van der Waals surface area contributed by atoms with Crippen LogP contribution in [0, 0.1) is 11.7 Å². The van der Waals surface area contributed by atoms with Gasteiger partial charge in [0.2, 0.25) is 0 Å². The van der Waals surface area contributed by atoms with Crippen molar-refractivity contribution >= 4 is 29.9 Å². The lowest BCUT2D eigenvalue weighted by Crippen LogP contribution is -2.38. The molecule has 2 aromatic rings. The highest BCUT2D eigenvalue weighted by Crippen LogP contribution is 2.23. The highest BCUT2D eigenvalue weighted by molar-refractivity contribution is 6.30. The van der Waals surface area contributed by atoms with Crippen molar-refractivity contribution in [3.05, 3.63) is 58.9 Å². The van der Waals surface area contributed by atoms with E-state index >= 15 is 0 Å². The number of halogens is 3. The van der Waals surface area contributed by atoms with Gasteiger partial charge in [0.25, 0.3) is 5.91 Å². The van der Waals surface area contributed by atoms with Gasteiger partial charge in [-0.2, -0.15) is 0 Å². The van der Waals surface area contributed by atoms with Gasteiger partial charge in [-0.15, -0.1) is 12.4 Å². The lowest BCUT2D eigenvalue weighted by atomic mass is 9.99. The van der Waals surface area contributed by atoms with Gasteiger partial charge in [-0.05, 0) is 67.2 Å². The third-order valence-electron chi connectivity index (χ3n) is 4.34. The Hall–Kier alpha value is -1.62. The first-order chi connectivity index (χ1) is 11.6. The van der Waals surface area contributed by atoms with Crippen LogP contribution in [0.2, 0.25) is 5.02 Å². The second-order valence-corrected chi connectivity index (χ2v) is 6.56. The van der Waals surface area contributed by atoms with Gasteiger partial charge >= 0.3 is 0 Å². The zero-order valence-corrected chi connectivity index (χ0v) is 15.3. The number of nitrogens with one attached hydrogen (secondary N) is 2. The van der Waals surface area contributed by atoms with Crippen LogP contribution in [0.25, 0.3) is 11.1 Å². The summed E-state index contributed by atoms with van der Waals surface area (Å²) in [6.45, 7) is 2.51. The van der Waals surface area contributed by atoms with Gasteiger partial charge < -0.3 is 10.6 Å². The first kappa shape index (κ1) is 19.7. The summed E-state index contributed by atoms with van der Waals surface area (Å²) < 4.78 is 14.3. The molecular formula is C19H21Cl2FN2O. The average molecular weight is 383 g/mol. The fourth-order valence-electron chi connectivity index (χ4n) is 2.95. The molecule has 2 N–H and O–H groups in total. The van der Waals surface area contributed by atoms with Crippen LogP contribution in [0.1, 0.15) is 23.2 Å². The summed E-state index contributed by atoms with van der Waals surface area (Å²) in [7, 11) is 0. The van der Waals surface area contributed by atoms with Crippen LogP contribution in [0.15, 0.2) is 42.5 Å². The van der Waals surface area contributed by atoms with Crippen LogP contribution in [0.3, 0.4) is 0 Å². The summed E-state index contributed by atoms with van der Waals surface area (Å²) in [5.74, 6) is -0.457. The van der Waals surface area contributed by atoms with Gasteiger partial charge in [-0.25, -0.2) is 4.39 Å². The van der Waals surface area contributed by atoms with Gasteiger partial charge in [0.15, 0.2) is 0 Å². The highest BCUT2D eigenvalue weighted by atomic mass is 35.5. The number of rotatable bonds is 4. The second-order valence-electron chi connectivity index (χ2n) is 6.12. The lowest BCUT2D eigenvalue weighted by molar-refractivity contribution is 0.0941. The molecule has 0 bridgehead atoms. The Morgan fingerprint density at radius 2 is 1.92 bits per heavy atom. The molecule has 0 spiro atoms. The highest BCUT2D eigenvalue weighted by Gasteiger charge is 2.17. The minimum atomic E-state index is -0.512. The monoisotopic (exact) mass is 382 g/mol. The molecule has 2 aromatic carbocycles. The van der Waals surface area contributed by atoms with Crippen molar-refractivity contribution in [2.24, 2.45) is 5.92 Å². The average Bonchev–Trinajstić information content (AvgIpc) is 2.61. The Morgan fingerprint density at radius 1 is 1.20 bits per heavy atom. The van der Waals surface area contributed by atoms with Crippen LogP contribution in [0.4, 0.5) is 4.39 Å². The van der Waals surface area contributed by atoms with Crippen LogP contribution < -0.4 is 10.6 Å². The fraction of sp³-hybridized carbons (Fsp3) is 0.316. The van der Waals surface area contributed by atoms with E-state index in [1.54, 1.807) is 18.2 Å². The number of amides is 1. The van der Waals surface area contributed by atoms with Crippen molar-refractivity contribution in [3.8, 4) is 11.1 Å². The van der Waals surface area contributed by atoms with E-state index in [2.05, 4.69) is 10.6 Å². The Morgan fingerprint density at radius 3 is 2.56 bits per heavy atom. The molecule has 1 unspecified atom stereocenters. The maximum absolute atomic E-state index is 14.3. The van der Waals surface area contributed by atoms with Gasteiger partial charge in [0.05, 0.1) is 5.56 Å². The minimum Gasteiger partial charge on any atom is -0.352 e. The van der Waals surface area contributed by atoms with Gasteiger partial charge in [0.1, 0.15) is 5.82 Å². The van der Waals surface area contributed by atoms with E-state index in [9.17, 15) is 9.18 Å². The van der Waals surface area contributed by atoms with Crippen molar-refractivity contribution in [1.82, 2.24) is 10.6 Å². The quantitative estimate of drug-likeness (QED) is 0.827. The largest absolute Gasteiger partial charge is 0.352 e. The minimum absolute atomic E-state index is 0. The maximum atomic E-state index is 14.3. The summed E-state index contributed by atoms with van der Waals surface area (Å²) in [6, 6.07) is 11.8. The molecule has 0 radical (unpaired) electrons. The second kappa shape index (κ2) is 9.18. The molecule has 3 nitrogen and oxygen atoms in total. The molecule has 1 saturated heterocycles. The number of benzene rings is 2. The number of hydrogen-bond acceptors (Lipinski definition) is 2. The van der Waals surface area contributed by atoms with Crippen LogP contribution in [0.5, 0.6) is 0 Å². The van der Waals surface area contributed by atoms with E-state index in [0.29, 0.717) is 17.5 Å². The summed E-state index contributed by atoms with van der Waals surface area (Å²) in [5, 5.41) is 6.78. The lowest BCUT2D eigenvalue weighted by Gasteiger charge is -2.22. The number of hydrogen-bond donors (Lipinski definition) is 2. The van der Waals surface area contributed by atoms with E-state index in [-0.39, 0.29) is 23.9 Å². The molecule has 1 aliphatic heterocycles. The Labute approximate surface area is 158 Å². The normalized spacial score (nSPS) is 16.8. The van der Waals surface area contributed by atoms with E-state index < -0.39 is 5.82 Å². The summed E-state index contributed by atoms with van der Waals surface area (Å²) >= 11 is 5.86. The van der Waals surface area contributed by atoms with Crippen LogP contribution >= 0.6 is 24.0 Å². The molecule has 1 heterocycles. The van der Waals surface area contributed by atoms with Gasteiger partial charge in [-0.1, -0.05) is 29.8 Å². The molecule has 0 aromatic heterocycles. The van der Waals surface area contributed by atoms with Gasteiger partial charge in [-0.3, -0.25) is 4.79 Å². The van der Waals surface area contributed by atoms with Crippen LogP contribution in [-0.2, 0) is 0 Å². The predicted molar refractivity (Wildman–Crippen MR) is 102 cm³/mol. The van der Waals surface area contributed by atoms with Crippen molar-refractivity contribution in [1.29, 1.82) is 0 Å². The number of piperidine rings is 1. The Kier molecular flexibility index (Phi) is 7.24. The first-order valence-electron chi connectivity index (χ1n) is 8.18. The molecule has 1 fully saturated rings. The molecule has 25 heavy (non-hydrogen) atoms. The first-order valence-corrected chi connectivity index (χ1v) is 8.55. The SMILES string of the molecule is Cl.O=C(NCC1CCCNC1)c1ccc(-c2ccc(Cl)cc2)cc1F. The summed E-state index contributed by atoms with van der Waals surface area (Å²) in [6.07, 6.45) is 2.20. The maximum Gasteiger partial charge on any atom is 0.254 e. The smallest absolute Gasteiger partial charge is 0.254 e. The molecule has 1 amide bonds. The van der Waals surface area contributed by atoms with Crippen molar-refractivity contribution in [3.63, 3.8) is 0 Å². The van der Waals surface area contributed by atoms with E-state index in [1.807, 2.05) is 12.1 Å². The third kappa shape index (κ3) is 5.18. The third-order valence-corrected chi connectivity index (χ3v) is 4.59.